The second-order valence-corrected chi connectivity index (χ2v) is 6.33. The summed E-state index contributed by atoms with van der Waals surface area (Å²) < 4.78 is 5.46. The number of nitrogens with one attached hydrogen (secondary N) is 1. The third kappa shape index (κ3) is 3.26. The number of hydrogen-bond donors (Lipinski definition) is 1. The van der Waals surface area contributed by atoms with E-state index in [1.807, 2.05) is 0 Å². The van der Waals surface area contributed by atoms with Gasteiger partial charge in [-0.1, -0.05) is 26.7 Å². The molecule has 0 radical (unpaired) electrons. The molecule has 0 atom stereocenters. The molecule has 118 valence electrons. The molecule has 1 N–H and O–H groups in total. The molecule has 1 saturated carbocycles. The average molecular weight is 296 g/mol. The number of urea groups is 1. The minimum Gasteiger partial charge on any atom is -0.381 e. The van der Waals surface area contributed by atoms with E-state index < -0.39 is 17.4 Å². The Hall–Kier alpha value is -1.43. The summed E-state index contributed by atoms with van der Waals surface area (Å²) in [6.07, 6.45) is 3.41. The third-order valence-electron chi connectivity index (χ3n) is 4.13. The molecule has 1 heterocycles. The van der Waals surface area contributed by atoms with E-state index in [0.29, 0.717) is 44.9 Å². The van der Waals surface area contributed by atoms with Gasteiger partial charge in [-0.2, -0.15) is 0 Å². The lowest BCUT2D eigenvalue weighted by Gasteiger charge is -2.36. The van der Waals surface area contributed by atoms with Crippen LogP contribution in [0.25, 0.3) is 0 Å². The molecule has 2 fully saturated rings. The van der Waals surface area contributed by atoms with E-state index >= 15 is 0 Å². The maximum atomic E-state index is 12.5. The van der Waals surface area contributed by atoms with E-state index in [4.69, 9.17) is 4.74 Å². The number of carbonyl (C=O) groups is 3. The fourth-order valence-corrected chi connectivity index (χ4v) is 3.00. The molecule has 0 aromatic carbocycles. The van der Waals surface area contributed by atoms with Crippen molar-refractivity contribution in [3.8, 4) is 0 Å². The molecule has 2 aliphatic rings. The molecule has 0 aromatic heterocycles. The Labute approximate surface area is 125 Å². The highest BCUT2D eigenvalue weighted by atomic mass is 16.5. The first-order valence-corrected chi connectivity index (χ1v) is 7.72. The van der Waals surface area contributed by atoms with Crippen LogP contribution in [0.1, 0.15) is 46.0 Å². The minimum atomic E-state index is -0.993. The second kappa shape index (κ2) is 6.56. The van der Waals surface area contributed by atoms with Crippen molar-refractivity contribution >= 4 is 17.8 Å². The molecule has 0 bridgehead atoms. The molecule has 2 rings (SSSR count). The normalized spacial score (nSPS) is 21.5. The summed E-state index contributed by atoms with van der Waals surface area (Å²) in [4.78, 5) is 37.6. The quantitative estimate of drug-likeness (QED) is 0.598. The third-order valence-corrected chi connectivity index (χ3v) is 4.13. The number of amides is 4. The smallest absolute Gasteiger partial charge is 0.330 e. The average Bonchev–Trinajstić information content (AvgIpc) is 2.90. The lowest BCUT2D eigenvalue weighted by atomic mass is 9.82. The van der Waals surface area contributed by atoms with Crippen LogP contribution in [0.2, 0.25) is 0 Å². The molecule has 1 spiro atoms. The summed E-state index contributed by atoms with van der Waals surface area (Å²) in [6.45, 7) is 5.62. The van der Waals surface area contributed by atoms with Crippen LogP contribution in [-0.2, 0) is 14.3 Å². The molecule has 1 aliphatic carbocycles. The Morgan fingerprint density at radius 3 is 2.52 bits per heavy atom. The predicted molar refractivity (Wildman–Crippen MR) is 76.4 cm³/mol. The molecule has 6 heteroatoms. The Kier molecular flexibility index (Phi) is 4.98. The van der Waals surface area contributed by atoms with Gasteiger partial charge < -0.3 is 4.74 Å². The molecule has 0 unspecified atom stereocenters. The van der Waals surface area contributed by atoms with Gasteiger partial charge in [-0.25, -0.2) is 4.79 Å². The van der Waals surface area contributed by atoms with E-state index in [0.717, 1.165) is 12.8 Å². The maximum absolute atomic E-state index is 12.5. The fraction of sp³-hybridized carbons (Fsp3) is 0.800. The van der Waals surface area contributed by atoms with Crippen molar-refractivity contribution in [2.24, 2.45) is 11.3 Å². The van der Waals surface area contributed by atoms with Crippen molar-refractivity contribution in [1.82, 2.24) is 10.2 Å². The van der Waals surface area contributed by atoms with E-state index in [2.05, 4.69) is 19.2 Å². The van der Waals surface area contributed by atoms with Crippen LogP contribution in [0, 0.1) is 11.3 Å². The summed E-state index contributed by atoms with van der Waals surface area (Å²) in [5.41, 5.74) is -0.993. The van der Waals surface area contributed by atoms with E-state index in [-0.39, 0.29) is 5.91 Å². The van der Waals surface area contributed by atoms with Crippen molar-refractivity contribution in [2.45, 2.75) is 46.0 Å². The van der Waals surface area contributed by atoms with Crippen LogP contribution in [0.3, 0.4) is 0 Å². The van der Waals surface area contributed by atoms with Gasteiger partial charge in [0.25, 0.3) is 0 Å². The first-order chi connectivity index (χ1) is 9.97. The van der Waals surface area contributed by atoms with Crippen molar-refractivity contribution in [2.75, 3.05) is 19.8 Å². The van der Waals surface area contributed by atoms with E-state index in [1.54, 1.807) is 0 Å². The molecular formula is C15H24N2O4. The van der Waals surface area contributed by atoms with Crippen LogP contribution in [-0.4, -0.2) is 42.5 Å². The summed E-state index contributed by atoms with van der Waals surface area (Å²) >= 11 is 0. The summed E-state index contributed by atoms with van der Waals surface area (Å²) in [5.74, 6) is -0.274. The van der Waals surface area contributed by atoms with Crippen molar-refractivity contribution in [1.29, 1.82) is 0 Å². The Morgan fingerprint density at radius 2 is 1.90 bits per heavy atom. The first-order valence-electron chi connectivity index (χ1n) is 7.72. The predicted octanol–water partition coefficient (Wildman–Crippen LogP) is 1.69. The van der Waals surface area contributed by atoms with Gasteiger partial charge in [0, 0.05) is 19.8 Å². The van der Waals surface area contributed by atoms with Crippen LogP contribution in [0.4, 0.5) is 4.79 Å². The van der Waals surface area contributed by atoms with Gasteiger partial charge in [0.2, 0.25) is 11.8 Å². The minimum absolute atomic E-state index is 0.303. The lowest BCUT2D eigenvalue weighted by Crippen LogP contribution is -2.63. The number of imide groups is 2. The molecule has 21 heavy (non-hydrogen) atoms. The van der Waals surface area contributed by atoms with Gasteiger partial charge in [0.15, 0.2) is 0 Å². The summed E-state index contributed by atoms with van der Waals surface area (Å²) in [6, 6.07) is -0.591. The van der Waals surface area contributed by atoms with Crippen LogP contribution in [0.5, 0.6) is 0 Å². The lowest BCUT2D eigenvalue weighted by molar-refractivity contribution is -0.151. The van der Waals surface area contributed by atoms with Gasteiger partial charge in [0.1, 0.15) is 5.41 Å². The zero-order chi connectivity index (χ0) is 15.5. The van der Waals surface area contributed by atoms with Gasteiger partial charge in [0.05, 0.1) is 0 Å². The molecule has 6 nitrogen and oxygen atoms in total. The number of ether oxygens (including phenoxy) is 1. The largest absolute Gasteiger partial charge is 0.381 e. The number of carbonyl (C=O) groups excluding carboxylic acids is 3. The zero-order valence-corrected chi connectivity index (χ0v) is 12.8. The topological polar surface area (TPSA) is 75.7 Å². The first kappa shape index (κ1) is 15.9. The number of hydrogen-bond acceptors (Lipinski definition) is 4. The summed E-state index contributed by atoms with van der Waals surface area (Å²) in [7, 11) is 0. The van der Waals surface area contributed by atoms with Gasteiger partial charge in [-0.3, -0.25) is 19.8 Å². The molecule has 1 saturated heterocycles. The molecular weight excluding hydrogens is 272 g/mol. The number of barbiturate groups is 1. The van der Waals surface area contributed by atoms with Crippen molar-refractivity contribution in [3.05, 3.63) is 0 Å². The highest BCUT2D eigenvalue weighted by molar-refractivity contribution is 6.19. The van der Waals surface area contributed by atoms with Crippen LogP contribution < -0.4 is 5.32 Å². The van der Waals surface area contributed by atoms with Gasteiger partial charge in [-0.05, 0) is 25.2 Å². The van der Waals surface area contributed by atoms with Crippen LogP contribution in [0.15, 0.2) is 0 Å². The van der Waals surface area contributed by atoms with Gasteiger partial charge in [-0.15, -0.1) is 0 Å². The Morgan fingerprint density at radius 1 is 1.24 bits per heavy atom. The Balaban J connectivity index is 1.91. The van der Waals surface area contributed by atoms with Crippen molar-refractivity contribution in [3.63, 3.8) is 0 Å². The molecule has 4 amide bonds. The molecule has 1 aliphatic heterocycles. The monoisotopic (exact) mass is 296 g/mol. The van der Waals surface area contributed by atoms with Crippen LogP contribution >= 0.6 is 0 Å². The summed E-state index contributed by atoms with van der Waals surface area (Å²) in [5, 5.41) is 2.34. The molecule has 0 aromatic rings. The van der Waals surface area contributed by atoms with Crippen molar-refractivity contribution < 1.29 is 19.1 Å². The highest BCUT2D eigenvalue weighted by Crippen LogP contribution is 2.41. The fourth-order valence-electron chi connectivity index (χ4n) is 3.00. The number of rotatable bonds is 6. The van der Waals surface area contributed by atoms with Gasteiger partial charge >= 0.3 is 6.03 Å². The Bertz CT molecular complexity index is 427. The van der Waals surface area contributed by atoms with E-state index in [9.17, 15) is 14.4 Å². The standard InChI is InChI=1S/C15H24N2O4/c1-11(2)10-21-9-5-8-17-13(19)15(6-3-4-7-15)12(18)16-14(17)20/h11H,3-10H2,1-2H3,(H,16,18,20). The number of nitrogens with zero attached hydrogens (tertiary/aromatic N) is 1. The maximum Gasteiger partial charge on any atom is 0.330 e. The zero-order valence-electron chi connectivity index (χ0n) is 12.8. The van der Waals surface area contributed by atoms with E-state index in [1.165, 1.54) is 4.90 Å². The SMILES string of the molecule is CC(C)COCCCN1C(=O)NC(=O)C2(CCCC2)C1=O. The second-order valence-electron chi connectivity index (χ2n) is 6.33. The highest BCUT2D eigenvalue weighted by Gasteiger charge is 2.54.